The van der Waals surface area contributed by atoms with E-state index in [2.05, 4.69) is 0 Å². The third-order valence-electron chi connectivity index (χ3n) is 0.289. The Hall–Kier alpha value is 0.526. The Morgan fingerprint density at radius 3 is 1.86 bits per heavy atom. The minimum atomic E-state index is -0.995. The first-order chi connectivity index (χ1) is 2.27. The fourth-order valence-electron chi connectivity index (χ4n) is 0. The molecule has 0 bridgehead atoms. The number of carbonyl (C=O) groups excluding carboxylic acids is 1. The van der Waals surface area contributed by atoms with Crippen molar-refractivity contribution in [2.75, 3.05) is 0 Å². The smallest absolute Gasteiger partial charge is 1.00 e. The van der Waals surface area contributed by atoms with Crippen molar-refractivity contribution in [3.8, 4) is 0 Å². The third-order valence-corrected chi connectivity index (χ3v) is 0.289. The fraction of sp³-hybridized carbons (Fsp3) is 0.667. The zero-order chi connectivity index (χ0) is 4.28. The normalized spacial score (nSPS) is 5.29. The van der Waals surface area contributed by atoms with E-state index in [9.17, 15) is 9.90 Å². The summed E-state index contributed by atoms with van der Waals surface area (Å²) in [7, 11) is 0. The van der Waals surface area contributed by atoms with E-state index in [4.69, 9.17) is 0 Å². The van der Waals surface area contributed by atoms with Crippen LogP contribution in [0.3, 0.4) is 0 Å². The molecule has 0 atom stereocenters. The minimum Gasteiger partial charge on any atom is -1.00 e. The summed E-state index contributed by atoms with van der Waals surface area (Å²) in [6.07, 6.45) is 0.111. The van der Waals surface area contributed by atoms with E-state index in [0.29, 0.717) is 0 Å². The Balaban J connectivity index is -0.0000000800. The maximum Gasteiger partial charge on any atom is 2.00 e. The number of hydrogen-bond acceptors (Lipinski definition) is 2. The van der Waals surface area contributed by atoms with Gasteiger partial charge in [-0.1, -0.05) is 6.92 Å². The first-order valence-corrected chi connectivity index (χ1v) is 1.47. The summed E-state index contributed by atoms with van der Waals surface area (Å²) in [5, 5.41) is 9.26. The van der Waals surface area contributed by atoms with Gasteiger partial charge in [0.2, 0.25) is 0 Å². The molecule has 0 aliphatic rings. The van der Waals surface area contributed by atoms with Crippen LogP contribution in [0.4, 0.5) is 0 Å². The van der Waals surface area contributed by atoms with Gasteiger partial charge in [0.1, 0.15) is 0 Å². The molecule has 0 unspecified atom stereocenters. The number of carboxylic acid groups (broad SMARTS) is 1. The molecule has 0 aliphatic heterocycles. The molecule has 0 amide bonds. The van der Waals surface area contributed by atoms with Crippen molar-refractivity contribution in [1.82, 2.24) is 0 Å². The monoisotopic (exact) mass is 132 g/mol. The molecule has 0 fully saturated rings. The van der Waals surface area contributed by atoms with E-state index in [1.165, 1.54) is 6.92 Å². The molecule has 0 saturated carbocycles. The van der Waals surface area contributed by atoms with E-state index in [-0.39, 0.29) is 41.9 Å². The van der Waals surface area contributed by atoms with Gasteiger partial charge in [-0.15, -0.1) is 0 Å². The number of rotatable bonds is 1. The molecular weight excluding hydrogens is 128 g/mol. The summed E-state index contributed by atoms with van der Waals surface area (Å²) in [6, 6.07) is 0. The van der Waals surface area contributed by atoms with Crippen molar-refractivity contribution >= 4 is 29.0 Å². The van der Waals surface area contributed by atoms with Crippen LogP contribution in [0, 0.1) is 0 Å². The summed E-state index contributed by atoms with van der Waals surface area (Å²) < 4.78 is 0. The zero-order valence-corrected chi connectivity index (χ0v) is 6.28. The third kappa shape index (κ3) is 21.0. The molecule has 0 saturated heterocycles. The Bertz CT molecular complexity index is 48.2. The van der Waals surface area contributed by atoms with Gasteiger partial charge in [0, 0.05) is 5.97 Å². The number of carboxylic acids is 1. The molecule has 38 valence electrons. The Kier molecular flexibility index (Phi) is 21.7. The van der Waals surface area contributed by atoms with Crippen molar-refractivity contribution in [3.05, 3.63) is 0 Å². The van der Waals surface area contributed by atoms with Crippen LogP contribution in [-0.2, 0) is 4.79 Å². The van der Waals surface area contributed by atoms with Gasteiger partial charge in [-0.2, -0.15) is 0 Å². The zero-order valence-electron chi connectivity index (χ0n) is 4.11. The van der Waals surface area contributed by atoms with Crippen LogP contribution in [0.2, 0.25) is 0 Å². The fourth-order valence-corrected chi connectivity index (χ4v) is 0. The molecule has 0 aromatic carbocycles. The van der Waals surface area contributed by atoms with E-state index >= 15 is 0 Å². The molecule has 2 nitrogen and oxygen atoms in total. The van der Waals surface area contributed by atoms with Gasteiger partial charge in [-0.3, -0.25) is 0 Å². The number of halogens is 1. The predicted molar refractivity (Wildman–Crippen MR) is 21.1 cm³/mol. The molecule has 7 heavy (non-hydrogen) atoms. The van der Waals surface area contributed by atoms with Gasteiger partial charge in [-0.25, -0.2) is 0 Å². The summed E-state index contributed by atoms with van der Waals surface area (Å²) in [5.74, 6) is -0.995. The molecular formula is C3H5ClMgO2. The van der Waals surface area contributed by atoms with Gasteiger partial charge in [0.25, 0.3) is 0 Å². The molecule has 0 heterocycles. The largest absolute Gasteiger partial charge is 2.00 e. The van der Waals surface area contributed by atoms with Crippen molar-refractivity contribution in [2.45, 2.75) is 13.3 Å². The minimum absolute atomic E-state index is 0. The SMILES string of the molecule is CCC(=O)[O-].[Cl-].[Mg+2]. The van der Waals surface area contributed by atoms with Gasteiger partial charge in [0.15, 0.2) is 0 Å². The van der Waals surface area contributed by atoms with Crippen LogP contribution in [0.15, 0.2) is 0 Å². The van der Waals surface area contributed by atoms with Crippen LogP contribution < -0.4 is 17.5 Å². The van der Waals surface area contributed by atoms with Crippen LogP contribution in [0.25, 0.3) is 0 Å². The van der Waals surface area contributed by atoms with Crippen LogP contribution in [0.5, 0.6) is 0 Å². The summed E-state index contributed by atoms with van der Waals surface area (Å²) in [5.41, 5.74) is 0. The number of aliphatic carboxylic acids is 1. The van der Waals surface area contributed by atoms with Gasteiger partial charge < -0.3 is 22.3 Å². The Morgan fingerprint density at radius 2 is 1.86 bits per heavy atom. The molecule has 0 radical (unpaired) electrons. The molecule has 0 aromatic rings. The first-order valence-electron chi connectivity index (χ1n) is 1.47. The Labute approximate surface area is 64.8 Å². The molecule has 4 heteroatoms. The van der Waals surface area contributed by atoms with E-state index in [1.807, 2.05) is 0 Å². The first kappa shape index (κ1) is 15.6. The molecule has 0 spiro atoms. The molecule has 0 rings (SSSR count). The second kappa shape index (κ2) is 9.73. The quantitative estimate of drug-likeness (QED) is 0.340. The second-order valence-corrected chi connectivity index (χ2v) is 0.726. The maximum atomic E-state index is 9.26. The molecule has 0 N–H and O–H groups in total. The topological polar surface area (TPSA) is 40.1 Å². The van der Waals surface area contributed by atoms with Crippen molar-refractivity contribution in [2.24, 2.45) is 0 Å². The Morgan fingerprint density at radius 1 is 1.71 bits per heavy atom. The second-order valence-electron chi connectivity index (χ2n) is 0.726. The predicted octanol–water partition coefficient (Wildman–Crippen LogP) is -4.23. The summed E-state index contributed by atoms with van der Waals surface area (Å²) in [4.78, 5) is 9.26. The average Bonchev–Trinajstić information content (AvgIpc) is 1.38. The van der Waals surface area contributed by atoms with Crippen LogP contribution >= 0.6 is 0 Å². The number of carbonyl (C=O) groups is 1. The average molecular weight is 133 g/mol. The van der Waals surface area contributed by atoms with Crippen molar-refractivity contribution in [3.63, 3.8) is 0 Å². The standard InChI is InChI=1S/C3H6O2.ClH.Mg/c1-2-3(4)5;;/h2H2,1H3,(H,4,5);1H;/q;;+2/p-2. The van der Waals surface area contributed by atoms with E-state index in [1.54, 1.807) is 0 Å². The van der Waals surface area contributed by atoms with Gasteiger partial charge in [0.05, 0.1) is 0 Å². The van der Waals surface area contributed by atoms with Crippen molar-refractivity contribution in [1.29, 1.82) is 0 Å². The summed E-state index contributed by atoms with van der Waals surface area (Å²) in [6.45, 7) is 1.54. The van der Waals surface area contributed by atoms with Gasteiger partial charge in [-0.05, 0) is 6.42 Å². The van der Waals surface area contributed by atoms with Crippen LogP contribution in [-0.4, -0.2) is 29.0 Å². The summed E-state index contributed by atoms with van der Waals surface area (Å²) >= 11 is 0. The maximum absolute atomic E-state index is 9.26. The van der Waals surface area contributed by atoms with Crippen molar-refractivity contribution < 1.29 is 22.3 Å². The van der Waals surface area contributed by atoms with E-state index in [0.717, 1.165) is 0 Å². The molecule has 0 aliphatic carbocycles. The molecule has 0 aromatic heterocycles. The van der Waals surface area contributed by atoms with Gasteiger partial charge >= 0.3 is 23.1 Å². The van der Waals surface area contributed by atoms with Crippen LogP contribution in [0.1, 0.15) is 13.3 Å². The number of hydrogen-bond donors (Lipinski definition) is 0. The van der Waals surface area contributed by atoms with E-state index < -0.39 is 5.97 Å².